The van der Waals surface area contributed by atoms with Crippen molar-refractivity contribution in [3.8, 4) is 17.6 Å². The molecule has 2 aliphatic heterocycles. The van der Waals surface area contributed by atoms with Crippen molar-refractivity contribution < 1.29 is 31.8 Å². The molecule has 5 rings (SSSR count). The van der Waals surface area contributed by atoms with Crippen LogP contribution in [0.2, 0.25) is 0 Å². The Morgan fingerprint density at radius 1 is 1.19 bits per heavy atom. The maximum atomic E-state index is 14.7. The number of morpholine rings is 1. The van der Waals surface area contributed by atoms with Crippen molar-refractivity contribution in [1.29, 1.82) is 0 Å². The number of methoxy groups -OCH3 is 1. The first-order chi connectivity index (χ1) is 20.1. The van der Waals surface area contributed by atoms with Crippen LogP contribution in [-0.4, -0.2) is 82.7 Å². The van der Waals surface area contributed by atoms with E-state index in [2.05, 4.69) is 22.5 Å². The Kier molecular flexibility index (Phi) is 9.11. The van der Waals surface area contributed by atoms with E-state index in [1.807, 2.05) is 11.9 Å². The van der Waals surface area contributed by atoms with E-state index in [4.69, 9.17) is 9.47 Å². The van der Waals surface area contributed by atoms with E-state index in [1.54, 1.807) is 41.3 Å². The van der Waals surface area contributed by atoms with Crippen molar-refractivity contribution in [2.75, 3.05) is 69.1 Å². The Labute approximate surface area is 245 Å². The molecule has 1 aromatic heterocycles. The number of hydrogen-bond acceptors (Lipinski definition) is 7. The quantitative estimate of drug-likeness (QED) is 0.282. The molecule has 0 spiro atoms. The Bertz CT molecular complexity index is 1500. The summed E-state index contributed by atoms with van der Waals surface area (Å²) in [4.78, 5) is 16.1. The fourth-order valence-corrected chi connectivity index (χ4v) is 6.40. The number of nitrogens with one attached hydrogen (secondary N) is 2. The molecule has 2 aromatic carbocycles. The number of carbonyl (C=O) groups is 1. The molecule has 3 aromatic rings. The van der Waals surface area contributed by atoms with Crippen molar-refractivity contribution in [2.24, 2.45) is 0 Å². The highest BCUT2D eigenvalue weighted by molar-refractivity contribution is 7.20. The van der Waals surface area contributed by atoms with Crippen molar-refractivity contribution in [3.63, 3.8) is 0 Å². The Morgan fingerprint density at radius 3 is 2.76 bits per heavy atom. The molecule has 2 atom stereocenters. The van der Waals surface area contributed by atoms with Crippen molar-refractivity contribution in [1.82, 2.24) is 4.90 Å². The monoisotopic (exact) mass is 604 g/mol. The van der Waals surface area contributed by atoms with Crippen LogP contribution in [0.5, 0.6) is 5.75 Å². The molecule has 0 bridgehead atoms. The van der Waals surface area contributed by atoms with Gasteiger partial charge in [-0.05, 0) is 42.6 Å². The molecule has 0 unspecified atom stereocenters. The maximum absolute atomic E-state index is 14.7. The fraction of sp³-hybridized carbons (Fsp3) is 0.433. The summed E-state index contributed by atoms with van der Waals surface area (Å²) in [6.07, 6.45) is -6.01. The summed E-state index contributed by atoms with van der Waals surface area (Å²) >= 11 is 1.18. The lowest BCUT2D eigenvalue weighted by atomic mass is 10.0. The second-order valence-corrected chi connectivity index (χ2v) is 11.4. The molecule has 0 aliphatic carbocycles. The molecular weight excluding hydrogens is 572 g/mol. The van der Waals surface area contributed by atoms with E-state index >= 15 is 0 Å². The van der Waals surface area contributed by atoms with Gasteiger partial charge in [0.25, 0.3) is 5.91 Å². The number of carbonyl (C=O) groups excluding carboxylic acids is 1. The number of nitrogens with zero attached hydrogens (tertiary/aromatic N) is 2. The van der Waals surface area contributed by atoms with Gasteiger partial charge in [0.05, 0.1) is 53.7 Å². The first-order valence-corrected chi connectivity index (χ1v) is 14.4. The summed E-state index contributed by atoms with van der Waals surface area (Å²) in [5, 5.41) is 6.87. The zero-order valence-electron chi connectivity index (χ0n) is 23.3. The third-order valence-electron chi connectivity index (χ3n) is 7.33. The normalized spacial score (nSPS) is 19.9. The van der Waals surface area contributed by atoms with E-state index in [1.165, 1.54) is 18.4 Å². The number of fused-ring (bicyclic) bond motifs is 1. The van der Waals surface area contributed by atoms with E-state index in [0.717, 1.165) is 6.54 Å². The van der Waals surface area contributed by atoms with E-state index in [-0.39, 0.29) is 24.6 Å². The standard InChI is InChI=1S/C30H32F4N4O3S/c1-37-12-10-23(22(31)17-37)36-25-6-3-5-20-21(16-30(32,33)34)27(42-29(20)25)7-4-11-35-24-9-8-19(15-26(24)40-2)38-13-14-41-18-28(38)39/h3,5-6,8-9,15,22-23,35-36H,10-14,16-18H2,1-2H3/t22-,23+/m0/s1. The van der Waals surface area contributed by atoms with E-state index in [0.29, 0.717) is 63.9 Å². The number of halogens is 4. The maximum Gasteiger partial charge on any atom is 0.393 e. The van der Waals surface area contributed by atoms with Crippen LogP contribution >= 0.6 is 11.3 Å². The van der Waals surface area contributed by atoms with Crippen molar-refractivity contribution in [3.05, 3.63) is 46.8 Å². The number of likely N-dealkylation sites (tertiary alicyclic amines) is 1. The van der Waals surface area contributed by atoms with Gasteiger partial charge in [-0.3, -0.25) is 4.79 Å². The number of alkyl halides is 4. The summed E-state index contributed by atoms with van der Waals surface area (Å²) in [6, 6.07) is 10.0. The van der Waals surface area contributed by atoms with E-state index in [9.17, 15) is 22.4 Å². The van der Waals surface area contributed by atoms with Gasteiger partial charge in [-0.25, -0.2) is 4.39 Å². The summed E-state index contributed by atoms with van der Waals surface area (Å²) in [5.74, 6) is 6.25. The molecule has 1 amide bonds. The highest BCUT2D eigenvalue weighted by atomic mass is 32.1. The number of hydrogen-bond donors (Lipinski definition) is 2. The molecule has 2 N–H and O–H groups in total. The molecule has 3 heterocycles. The van der Waals surface area contributed by atoms with E-state index < -0.39 is 24.8 Å². The first kappa shape index (κ1) is 29.9. The first-order valence-electron chi connectivity index (χ1n) is 13.6. The van der Waals surface area contributed by atoms with Crippen LogP contribution in [0.4, 0.5) is 34.6 Å². The molecule has 2 saturated heterocycles. The molecule has 7 nitrogen and oxygen atoms in total. The number of piperidine rings is 1. The lowest BCUT2D eigenvalue weighted by Gasteiger charge is -2.33. The molecule has 42 heavy (non-hydrogen) atoms. The van der Waals surface area contributed by atoms with Crippen LogP contribution in [-0.2, 0) is 16.0 Å². The fourth-order valence-electron chi connectivity index (χ4n) is 5.23. The average molecular weight is 605 g/mol. The molecular formula is C30H32F4N4O3S. The third-order valence-corrected chi connectivity index (χ3v) is 8.53. The number of anilines is 3. The number of rotatable bonds is 7. The van der Waals surface area contributed by atoms with Crippen LogP contribution in [0, 0.1) is 11.8 Å². The predicted molar refractivity (Wildman–Crippen MR) is 158 cm³/mol. The molecule has 2 aliphatic rings. The van der Waals surface area contributed by atoms with Crippen LogP contribution in [0.25, 0.3) is 10.1 Å². The molecule has 2 fully saturated rings. The number of ether oxygens (including phenoxy) is 2. The zero-order chi connectivity index (χ0) is 29.9. The zero-order valence-corrected chi connectivity index (χ0v) is 24.1. The van der Waals surface area contributed by atoms with Crippen LogP contribution in [0.1, 0.15) is 16.9 Å². The van der Waals surface area contributed by atoms with Gasteiger partial charge in [0, 0.05) is 31.4 Å². The Balaban J connectivity index is 1.36. The van der Waals surface area contributed by atoms with Crippen molar-refractivity contribution in [2.45, 2.75) is 31.2 Å². The minimum absolute atomic E-state index is 0.0259. The molecule has 224 valence electrons. The Morgan fingerprint density at radius 2 is 2.02 bits per heavy atom. The summed E-state index contributed by atoms with van der Waals surface area (Å²) in [7, 11) is 3.38. The van der Waals surface area contributed by atoms with Gasteiger partial charge in [0.15, 0.2) is 0 Å². The minimum Gasteiger partial charge on any atom is -0.495 e. The third kappa shape index (κ3) is 6.91. The SMILES string of the molecule is COc1cc(N2CCOCC2=O)ccc1NCC#Cc1sc2c(N[C@@H]3CCN(C)C[C@@H]3F)cccc2c1CC(F)(F)F. The second-order valence-electron chi connectivity index (χ2n) is 10.3. The highest BCUT2D eigenvalue weighted by Crippen LogP contribution is 2.39. The summed E-state index contributed by atoms with van der Waals surface area (Å²) in [5.41, 5.74) is 2.06. The van der Waals surface area contributed by atoms with Crippen molar-refractivity contribution >= 4 is 44.4 Å². The molecule has 0 radical (unpaired) electrons. The van der Waals surface area contributed by atoms with Gasteiger partial charge in [-0.1, -0.05) is 24.0 Å². The van der Waals surface area contributed by atoms with Gasteiger partial charge in [0.1, 0.15) is 18.5 Å². The summed E-state index contributed by atoms with van der Waals surface area (Å²) < 4.78 is 66.8. The highest BCUT2D eigenvalue weighted by Gasteiger charge is 2.32. The topological polar surface area (TPSA) is 66.1 Å². The van der Waals surface area contributed by atoms with Crippen LogP contribution in [0.3, 0.4) is 0 Å². The smallest absolute Gasteiger partial charge is 0.393 e. The Hall–Kier alpha value is -3.53. The minimum atomic E-state index is -4.42. The number of amides is 1. The van der Waals surface area contributed by atoms with Crippen LogP contribution in [0.15, 0.2) is 36.4 Å². The molecule has 12 heteroatoms. The predicted octanol–water partition coefficient (Wildman–Crippen LogP) is 5.30. The lowest BCUT2D eigenvalue weighted by molar-refractivity contribution is -0.127. The van der Waals surface area contributed by atoms with Gasteiger partial charge in [0.2, 0.25) is 0 Å². The average Bonchev–Trinajstić information content (AvgIpc) is 3.29. The van der Waals surface area contributed by atoms with Gasteiger partial charge in [-0.15, -0.1) is 11.3 Å². The molecule has 0 saturated carbocycles. The van der Waals surface area contributed by atoms with Gasteiger partial charge < -0.3 is 29.9 Å². The van der Waals surface area contributed by atoms with Crippen LogP contribution < -0.4 is 20.3 Å². The summed E-state index contributed by atoms with van der Waals surface area (Å²) in [6.45, 7) is 2.11. The number of benzene rings is 2. The lowest BCUT2D eigenvalue weighted by Crippen LogP contribution is -2.46. The number of thiophene rings is 1. The van der Waals surface area contributed by atoms with Gasteiger partial charge >= 0.3 is 6.18 Å². The van der Waals surface area contributed by atoms with Gasteiger partial charge in [-0.2, -0.15) is 13.2 Å². The largest absolute Gasteiger partial charge is 0.495 e. The second kappa shape index (κ2) is 12.8.